The fourth-order valence-corrected chi connectivity index (χ4v) is 3.00. The van der Waals surface area contributed by atoms with Gasteiger partial charge in [-0.15, -0.1) is 0 Å². The van der Waals surface area contributed by atoms with E-state index in [1.54, 1.807) is 0 Å². The molecule has 9 heteroatoms. The molecule has 1 amide bonds. The van der Waals surface area contributed by atoms with Crippen molar-refractivity contribution < 1.29 is 22.7 Å². The number of aromatic nitrogens is 2. The summed E-state index contributed by atoms with van der Waals surface area (Å²) >= 11 is 1.34. The normalized spacial score (nSPS) is 11.5. The van der Waals surface area contributed by atoms with E-state index in [2.05, 4.69) is 20.0 Å². The molecule has 0 aliphatic carbocycles. The minimum Gasteiger partial charge on any atom is -0.468 e. The molecule has 25 heavy (non-hydrogen) atoms. The highest BCUT2D eigenvalue weighted by Crippen LogP contribution is 2.28. The summed E-state index contributed by atoms with van der Waals surface area (Å²) in [7, 11) is 0. The van der Waals surface area contributed by atoms with Gasteiger partial charge < -0.3 is 4.74 Å². The van der Waals surface area contributed by atoms with E-state index in [-0.39, 0.29) is 11.4 Å². The molecular formula is C16H12F3N3O2S. The third kappa shape index (κ3) is 4.24. The second-order valence-corrected chi connectivity index (χ2v) is 6.21. The van der Waals surface area contributed by atoms with Crippen molar-refractivity contribution in [2.45, 2.75) is 13.1 Å². The fourth-order valence-electron chi connectivity index (χ4n) is 2.06. The van der Waals surface area contributed by atoms with Crippen molar-refractivity contribution in [2.24, 2.45) is 0 Å². The third-order valence-corrected chi connectivity index (χ3v) is 4.16. The maximum Gasteiger partial charge on any atom is 0.422 e. The Hall–Kier alpha value is -2.68. The number of alkyl halides is 3. The number of thiazole rings is 1. The van der Waals surface area contributed by atoms with Gasteiger partial charge in [0.15, 0.2) is 11.7 Å². The van der Waals surface area contributed by atoms with Crippen LogP contribution in [0, 0.1) is 6.92 Å². The third-order valence-electron chi connectivity index (χ3n) is 3.22. The average molecular weight is 367 g/mol. The van der Waals surface area contributed by atoms with Crippen molar-refractivity contribution in [3.05, 3.63) is 47.7 Å². The number of nitrogens with zero attached hydrogens (tertiary/aromatic N) is 2. The van der Waals surface area contributed by atoms with Crippen molar-refractivity contribution in [1.29, 1.82) is 0 Å². The van der Waals surface area contributed by atoms with Gasteiger partial charge in [0, 0.05) is 12.3 Å². The Labute approximate surface area is 144 Å². The van der Waals surface area contributed by atoms with E-state index in [1.807, 2.05) is 25.1 Å². The van der Waals surface area contributed by atoms with E-state index >= 15 is 0 Å². The lowest BCUT2D eigenvalue weighted by Gasteiger charge is -2.08. The molecule has 3 aromatic rings. The first-order chi connectivity index (χ1) is 11.8. The number of amides is 1. The summed E-state index contributed by atoms with van der Waals surface area (Å²) in [6.45, 7) is 0.494. The maximum atomic E-state index is 12.2. The highest BCUT2D eigenvalue weighted by Gasteiger charge is 2.28. The molecule has 0 spiro atoms. The van der Waals surface area contributed by atoms with Crippen molar-refractivity contribution in [3.8, 4) is 5.88 Å². The second-order valence-electron chi connectivity index (χ2n) is 5.18. The smallest absolute Gasteiger partial charge is 0.422 e. The maximum absolute atomic E-state index is 12.2. The van der Waals surface area contributed by atoms with Gasteiger partial charge in [0.05, 0.1) is 15.8 Å². The second kappa shape index (κ2) is 6.67. The number of ether oxygens (including phenoxy) is 1. The Balaban J connectivity index is 1.69. The standard InChI is InChI=1S/C16H12F3N3O2S/c1-9-3-2-4-11-13(9)21-15(25-11)22-14(23)10-5-6-12(20-7-10)24-8-16(17,18)19/h2-7H,8H2,1H3,(H,21,22,23). The molecule has 2 aromatic heterocycles. The molecule has 1 N–H and O–H groups in total. The van der Waals surface area contributed by atoms with E-state index in [0.717, 1.165) is 22.0 Å². The number of carbonyl (C=O) groups is 1. The SMILES string of the molecule is Cc1cccc2sc(NC(=O)c3ccc(OCC(F)(F)F)nc3)nc12. The van der Waals surface area contributed by atoms with E-state index < -0.39 is 18.7 Å². The number of benzene rings is 1. The molecule has 1 aromatic carbocycles. The van der Waals surface area contributed by atoms with E-state index in [4.69, 9.17) is 0 Å². The van der Waals surface area contributed by atoms with Crippen LogP contribution in [-0.4, -0.2) is 28.7 Å². The van der Waals surface area contributed by atoms with Crippen LogP contribution in [0.2, 0.25) is 0 Å². The lowest BCUT2D eigenvalue weighted by molar-refractivity contribution is -0.154. The first-order valence-electron chi connectivity index (χ1n) is 7.15. The van der Waals surface area contributed by atoms with Crippen LogP contribution >= 0.6 is 11.3 Å². The van der Waals surface area contributed by atoms with Gasteiger partial charge in [-0.05, 0) is 24.6 Å². The Morgan fingerprint density at radius 1 is 1.28 bits per heavy atom. The summed E-state index contributed by atoms with van der Waals surface area (Å²) in [6.07, 6.45) is -3.29. The number of hydrogen-bond acceptors (Lipinski definition) is 5. The van der Waals surface area contributed by atoms with Crippen LogP contribution in [0.3, 0.4) is 0 Å². The summed E-state index contributed by atoms with van der Waals surface area (Å²) in [5, 5.41) is 3.09. The van der Waals surface area contributed by atoms with Crippen LogP contribution in [-0.2, 0) is 0 Å². The molecule has 5 nitrogen and oxygen atoms in total. The molecule has 0 aliphatic rings. The van der Waals surface area contributed by atoms with Gasteiger partial charge in [-0.3, -0.25) is 10.1 Å². The predicted molar refractivity (Wildman–Crippen MR) is 88.1 cm³/mol. The summed E-state index contributed by atoms with van der Waals surface area (Å²) in [6, 6.07) is 8.29. The fraction of sp³-hybridized carbons (Fsp3) is 0.188. The van der Waals surface area contributed by atoms with E-state index in [9.17, 15) is 18.0 Å². The van der Waals surface area contributed by atoms with Crippen LogP contribution in [0.25, 0.3) is 10.2 Å². The van der Waals surface area contributed by atoms with E-state index in [1.165, 1.54) is 23.5 Å². The Morgan fingerprint density at radius 3 is 2.72 bits per heavy atom. The molecule has 0 aliphatic heterocycles. The van der Waals surface area contributed by atoms with Crippen LogP contribution < -0.4 is 10.1 Å². The molecule has 0 fully saturated rings. The number of rotatable bonds is 4. The van der Waals surface area contributed by atoms with Gasteiger partial charge in [-0.1, -0.05) is 23.5 Å². The van der Waals surface area contributed by atoms with Crippen LogP contribution in [0.4, 0.5) is 18.3 Å². The van der Waals surface area contributed by atoms with Crippen molar-refractivity contribution in [3.63, 3.8) is 0 Å². The zero-order valence-electron chi connectivity index (χ0n) is 12.9. The summed E-state index contributed by atoms with van der Waals surface area (Å²) < 4.78 is 41.7. The van der Waals surface area contributed by atoms with Crippen LogP contribution in [0.5, 0.6) is 5.88 Å². The van der Waals surface area contributed by atoms with Gasteiger partial charge in [-0.25, -0.2) is 9.97 Å². The quantitative estimate of drug-likeness (QED) is 0.751. The lowest BCUT2D eigenvalue weighted by atomic mass is 10.2. The molecule has 0 saturated heterocycles. The van der Waals surface area contributed by atoms with Crippen LogP contribution in [0.15, 0.2) is 36.5 Å². The topological polar surface area (TPSA) is 64.1 Å². The molecule has 0 bridgehead atoms. The largest absolute Gasteiger partial charge is 0.468 e. The van der Waals surface area contributed by atoms with Crippen molar-refractivity contribution in [2.75, 3.05) is 11.9 Å². The van der Waals surface area contributed by atoms with Crippen molar-refractivity contribution in [1.82, 2.24) is 9.97 Å². The molecule has 3 rings (SSSR count). The highest BCUT2D eigenvalue weighted by molar-refractivity contribution is 7.22. The zero-order chi connectivity index (χ0) is 18.0. The molecule has 2 heterocycles. The average Bonchev–Trinajstić information content (AvgIpc) is 2.96. The zero-order valence-corrected chi connectivity index (χ0v) is 13.7. The van der Waals surface area contributed by atoms with Gasteiger partial charge in [0.2, 0.25) is 5.88 Å². The number of anilines is 1. The minimum atomic E-state index is -4.44. The first-order valence-corrected chi connectivity index (χ1v) is 7.96. The van der Waals surface area contributed by atoms with Gasteiger partial charge in [0.1, 0.15) is 0 Å². The molecule has 0 unspecified atom stereocenters. The minimum absolute atomic E-state index is 0.190. The predicted octanol–water partition coefficient (Wildman–Crippen LogP) is 4.19. The number of pyridine rings is 1. The van der Waals surface area contributed by atoms with Gasteiger partial charge >= 0.3 is 6.18 Å². The summed E-state index contributed by atoms with van der Waals surface area (Å²) in [5.74, 6) is -0.656. The van der Waals surface area contributed by atoms with Crippen molar-refractivity contribution >= 4 is 32.6 Å². The molecule has 0 saturated carbocycles. The highest BCUT2D eigenvalue weighted by atomic mass is 32.1. The Kier molecular flexibility index (Phi) is 4.58. The molecule has 130 valence electrons. The summed E-state index contributed by atoms with van der Waals surface area (Å²) in [5.41, 5.74) is 2.01. The number of nitrogens with one attached hydrogen (secondary N) is 1. The number of aryl methyl sites for hydroxylation is 1. The van der Waals surface area contributed by atoms with E-state index in [0.29, 0.717) is 5.13 Å². The molecule has 0 radical (unpaired) electrons. The summed E-state index contributed by atoms with van der Waals surface area (Å²) in [4.78, 5) is 20.3. The first kappa shape index (κ1) is 17.2. The number of para-hydroxylation sites is 1. The van der Waals surface area contributed by atoms with Crippen LogP contribution in [0.1, 0.15) is 15.9 Å². The molecular weight excluding hydrogens is 355 g/mol. The number of halogens is 3. The number of hydrogen-bond donors (Lipinski definition) is 1. The Bertz CT molecular complexity index is 907. The number of carbonyl (C=O) groups excluding carboxylic acids is 1. The molecule has 0 atom stereocenters. The number of fused-ring (bicyclic) bond motifs is 1. The van der Waals surface area contributed by atoms with Gasteiger partial charge in [0.25, 0.3) is 5.91 Å². The lowest BCUT2D eigenvalue weighted by Crippen LogP contribution is -2.19. The van der Waals surface area contributed by atoms with Gasteiger partial charge in [-0.2, -0.15) is 13.2 Å². The Morgan fingerprint density at radius 2 is 2.08 bits per heavy atom. The monoisotopic (exact) mass is 367 g/mol.